The average molecular weight is 394 g/mol. The quantitative estimate of drug-likeness (QED) is 0.598. The maximum atomic E-state index is 11.8. The second kappa shape index (κ2) is 9.72. The molecule has 0 bridgehead atoms. The van der Waals surface area contributed by atoms with E-state index in [2.05, 4.69) is 15.0 Å². The molecule has 0 amide bonds. The Morgan fingerprint density at radius 3 is 2.33 bits per heavy atom. The maximum Gasteiger partial charge on any atom is 0.229 e. The Morgan fingerprint density at radius 2 is 1.70 bits per heavy atom. The fraction of sp³-hybridized carbons (Fsp3) is 0.500. The predicted octanol–water partition coefficient (Wildman–Crippen LogP) is 0.497. The zero-order chi connectivity index (χ0) is 19.9. The normalized spacial score (nSPS) is 11.6. The van der Waals surface area contributed by atoms with E-state index in [9.17, 15) is 18.6 Å². The van der Waals surface area contributed by atoms with Gasteiger partial charge in [-0.2, -0.15) is 9.97 Å². The molecule has 0 saturated heterocycles. The van der Waals surface area contributed by atoms with Crippen molar-refractivity contribution >= 4 is 15.8 Å². The highest BCUT2D eigenvalue weighted by Crippen LogP contribution is 2.14. The standard InChI is InChI=1S/C18H26N4O4S/c1-3-27(25,26)13-16-6-4-5-15(11-16)12-17-19-14(2)20-18(21-17)22(7-9-23)8-10-24/h4-6,11,23-24H,3,7-10,12-13H2,1-2H3. The van der Waals surface area contributed by atoms with Crippen LogP contribution in [-0.2, 0) is 22.0 Å². The molecule has 2 aromatic rings. The minimum Gasteiger partial charge on any atom is -0.395 e. The molecule has 2 N–H and O–H groups in total. The molecule has 0 fully saturated rings. The molecule has 27 heavy (non-hydrogen) atoms. The van der Waals surface area contributed by atoms with Crippen molar-refractivity contribution in [2.75, 3.05) is 37.0 Å². The summed E-state index contributed by atoms with van der Waals surface area (Å²) >= 11 is 0. The first kappa shape index (κ1) is 21.2. The second-order valence-electron chi connectivity index (χ2n) is 6.21. The van der Waals surface area contributed by atoms with Crippen LogP contribution >= 0.6 is 0 Å². The van der Waals surface area contributed by atoms with Gasteiger partial charge in [0.15, 0.2) is 9.84 Å². The Bertz CT molecular complexity index is 852. The van der Waals surface area contributed by atoms with Crippen LogP contribution in [0.4, 0.5) is 5.95 Å². The van der Waals surface area contributed by atoms with Crippen LogP contribution in [0.3, 0.4) is 0 Å². The summed E-state index contributed by atoms with van der Waals surface area (Å²) in [5.74, 6) is 1.62. The molecule has 0 atom stereocenters. The van der Waals surface area contributed by atoms with Crippen molar-refractivity contribution in [2.24, 2.45) is 0 Å². The molecule has 0 spiro atoms. The van der Waals surface area contributed by atoms with Crippen LogP contribution < -0.4 is 4.90 Å². The fourth-order valence-corrected chi connectivity index (χ4v) is 3.56. The van der Waals surface area contributed by atoms with Crippen molar-refractivity contribution < 1.29 is 18.6 Å². The molecule has 2 rings (SSSR count). The first-order valence-electron chi connectivity index (χ1n) is 8.83. The summed E-state index contributed by atoms with van der Waals surface area (Å²) in [6.07, 6.45) is 0.433. The number of anilines is 1. The van der Waals surface area contributed by atoms with Gasteiger partial charge >= 0.3 is 0 Å². The first-order chi connectivity index (χ1) is 12.9. The van der Waals surface area contributed by atoms with Crippen molar-refractivity contribution in [3.05, 3.63) is 47.0 Å². The molecule has 9 heteroatoms. The summed E-state index contributed by atoms with van der Waals surface area (Å²) in [5, 5.41) is 18.4. The van der Waals surface area contributed by atoms with Crippen LogP contribution in [0, 0.1) is 6.92 Å². The Kier molecular flexibility index (Phi) is 7.64. The van der Waals surface area contributed by atoms with E-state index in [1.165, 1.54) is 0 Å². The molecule has 0 radical (unpaired) electrons. The van der Waals surface area contributed by atoms with Crippen molar-refractivity contribution in [1.29, 1.82) is 0 Å². The SMILES string of the molecule is CCS(=O)(=O)Cc1cccc(Cc2nc(C)nc(N(CCO)CCO)n2)c1. The molecule has 0 aliphatic heterocycles. The second-order valence-corrected chi connectivity index (χ2v) is 8.56. The van der Waals surface area contributed by atoms with Gasteiger partial charge in [0, 0.05) is 25.3 Å². The lowest BCUT2D eigenvalue weighted by atomic mass is 10.1. The van der Waals surface area contributed by atoms with Crippen LogP contribution in [-0.4, -0.2) is 65.6 Å². The Hall–Kier alpha value is -2.10. The third-order valence-corrected chi connectivity index (χ3v) is 5.64. The van der Waals surface area contributed by atoms with Crippen molar-refractivity contribution in [3.63, 3.8) is 0 Å². The Balaban J connectivity index is 2.24. The third kappa shape index (κ3) is 6.53. The smallest absolute Gasteiger partial charge is 0.229 e. The molecule has 8 nitrogen and oxygen atoms in total. The molecule has 0 unspecified atom stereocenters. The number of hydrogen-bond acceptors (Lipinski definition) is 8. The number of benzene rings is 1. The van der Waals surface area contributed by atoms with Crippen LogP contribution in [0.25, 0.3) is 0 Å². The topological polar surface area (TPSA) is 117 Å². The summed E-state index contributed by atoms with van der Waals surface area (Å²) in [6.45, 7) is 3.87. The number of aromatic nitrogens is 3. The zero-order valence-corrected chi connectivity index (χ0v) is 16.5. The number of rotatable bonds is 10. The van der Waals surface area contributed by atoms with Crippen LogP contribution in [0.15, 0.2) is 24.3 Å². The molecule has 0 aliphatic rings. The minimum absolute atomic E-state index is 0.0135. The van der Waals surface area contributed by atoms with E-state index in [1.54, 1.807) is 24.8 Å². The number of sulfone groups is 1. The van der Waals surface area contributed by atoms with Gasteiger partial charge in [-0.15, -0.1) is 0 Å². The summed E-state index contributed by atoms with van der Waals surface area (Å²) in [6, 6.07) is 7.38. The number of aliphatic hydroxyl groups excluding tert-OH is 2. The highest BCUT2D eigenvalue weighted by Gasteiger charge is 2.13. The lowest BCUT2D eigenvalue weighted by Crippen LogP contribution is -2.32. The van der Waals surface area contributed by atoms with E-state index >= 15 is 0 Å². The zero-order valence-electron chi connectivity index (χ0n) is 15.7. The molecule has 0 aliphatic carbocycles. The van der Waals surface area contributed by atoms with Gasteiger partial charge in [-0.3, -0.25) is 0 Å². The van der Waals surface area contributed by atoms with Gasteiger partial charge < -0.3 is 15.1 Å². The van der Waals surface area contributed by atoms with Gasteiger partial charge in [0.25, 0.3) is 0 Å². The van der Waals surface area contributed by atoms with Gasteiger partial charge in [0.05, 0.1) is 19.0 Å². The van der Waals surface area contributed by atoms with Crippen LogP contribution in [0.1, 0.15) is 29.7 Å². The van der Waals surface area contributed by atoms with E-state index in [4.69, 9.17) is 0 Å². The van der Waals surface area contributed by atoms with E-state index in [0.717, 1.165) is 11.1 Å². The van der Waals surface area contributed by atoms with Gasteiger partial charge in [0.2, 0.25) is 5.95 Å². The number of aryl methyl sites for hydroxylation is 1. The molecule has 148 valence electrons. The van der Waals surface area contributed by atoms with Gasteiger partial charge in [0.1, 0.15) is 11.6 Å². The number of nitrogens with zero attached hydrogens (tertiary/aromatic N) is 4. The Labute approximate surface area is 159 Å². The van der Waals surface area contributed by atoms with E-state index in [-0.39, 0.29) is 24.7 Å². The monoisotopic (exact) mass is 394 g/mol. The molecular weight excluding hydrogens is 368 g/mol. The van der Waals surface area contributed by atoms with E-state index < -0.39 is 9.84 Å². The summed E-state index contributed by atoms with van der Waals surface area (Å²) in [4.78, 5) is 14.8. The molecule has 0 saturated carbocycles. The van der Waals surface area contributed by atoms with Crippen molar-refractivity contribution in [3.8, 4) is 0 Å². The van der Waals surface area contributed by atoms with E-state index in [1.807, 2.05) is 18.2 Å². The predicted molar refractivity (Wildman–Crippen MR) is 103 cm³/mol. The van der Waals surface area contributed by atoms with Crippen molar-refractivity contribution in [1.82, 2.24) is 15.0 Å². The average Bonchev–Trinajstić information content (AvgIpc) is 2.61. The Morgan fingerprint density at radius 1 is 1.04 bits per heavy atom. The lowest BCUT2D eigenvalue weighted by molar-refractivity contribution is 0.280. The highest BCUT2D eigenvalue weighted by atomic mass is 32.2. The molecule has 1 aromatic heterocycles. The highest BCUT2D eigenvalue weighted by molar-refractivity contribution is 7.90. The summed E-state index contributed by atoms with van der Waals surface area (Å²) < 4.78 is 23.7. The number of aliphatic hydroxyl groups is 2. The van der Waals surface area contributed by atoms with E-state index in [0.29, 0.717) is 37.1 Å². The van der Waals surface area contributed by atoms with Crippen molar-refractivity contribution in [2.45, 2.75) is 26.0 Å². The summed E-state index contributed by atoms with van der Waals surface area (Å²) in [5.41, 5.74) is 1.65. The third-order valence-electron chi connectivity index (χ3n) is 3.98. The largest absolute Gasteiger partial charge is 0.395 e. The van der Waals surface area contributed by atoms with Crippen LogP contribution in [0.5, 0.6) is 0 Å². The molecular formula is C18H26N4O4S. The minimum atomic E-state index is -3.09. The summed E-state index contributed by atoms with van der Waals surface area (Å²) in [7, 11) is -3.09. The first-order valence-corrected chi connectivity index (χ1v) is 10.7. The fourth-order valence-electron chi connectivity index (χ4n) is 2.66. The van der Waals surface area contributed by atoms with Gasteiger partial charge in [-0.25, -0.2) is 13.4 Å². The molecule has 1 aromatic carbocycles. The van der Waals surface area contributed by atoms with Gasteiger partial charge in [-0.05, 0) is 18.1 Å². The maximum absolute atomic E-state index is 11.8. The lowest BCUT2D eigenvalue weighted by Gasteiger charge is -2.21. The van der Waals surface area contributed by atoms with Crippen LogP contribution in [0.2, 0.25) is 0 Å². The van der Waals surface area contributed by atoms with Gasteiger partial charge in [-0.1, -0.05) is 31.2 Å². The number of hydrogen-bond donors (Lipinski definition) is 2. The molecule has 1 heterocycles.